The fourth-order valence-electron chi connectivity index (χ4n) is 0.886. The molecule has 0 spiro atoms. The maximum absolute atomic E-state index is 10.3. The summed E-state index contributed by atoms with van der Waals surface area (Å²) in [4.78, 5) is 18.4. The highest BCUT2D eigenvalue weighted by Crippen LogP contribution is 2.41. The molecule has 0 fully saturated rings. The van der Waals surface area contributed by atoms with Crippen molar-refractivity contribution in [2.75, 3.05) is 0 Å². The molecule has 0 aromatic heterocycles. The van der Waals surface area contributed by atoms with Crippen molar-refractivity contribution >= 4 is 11.4 Å². The van der Waals surface area contributed by atoms with Crippen molar-refractivity contribution in [3.05, 3.63) is 32.4 Å². The van der Waals surface area contributed by atoms with E-state index in [0.29, 0.717) is 0 Å². The van der Waals surface area contributed by atoms with Gasteiger partial charge in [0.2, 0.25) is 0 Å². The Bertz CT molecular complexity index is 415. The smallest absolute Gasteiger partial charge is 0.359 e. The lowest BCUT2D eigenvalue weighted by Crippen LogP contribution is -1.94. The highest BCUT2D eigenvalue weighted by Gasteiger charge is 2.28. The van der Waals surface area contributed by atoms with Crippen LogP contribution < -0.4 is 0 Å². The van der Waals surface area contributed by atoms with Gasteiger partial charge in [-0.25, -0.2) is 0 Å². The zero-order chi connectivity index (χ0) is 10.9. The van der Waals surface area contributed by atoms with Gasteiger partial charge in [0.25, 0.3) is 5.75 Å². The summed E-state index contributed by atoms with van der Waals surface area (Å²) in [6.07, 6.45) is 0. The van der Waals surface area contributed by atoms with Crippen molar-refractivity contribution in [2.24, 2.45) is 0 Å². The molecule has 2 N–H and O–H groups in total. The molecule has 0 amide bonds. The van der Waals surface area contributed by atoms with Gasteiger partial charge < -0.3 is 10.2 Å². The Balaban J connectivity index is 3.49. The van der Waals surface area contributed by atoms with Gasteiger partial charge in [-0.05, 0) is 6.07 Å². The number of nitrogens with zero attached hydrogens (tertiary/aromatic N) is 2. The Morgan fingerprint density at radius 2 is 1.64 bits per heavy atom. The summed E-state index contributed by atoms with van der Waals surface area (Å²) in [5, 5.41) is 38.5. The van der Waals surface area contributed by atoms with Crippen molar-refractivity contribution in [1.82, 2.24) is 0 Å². The Morgan fingerprint density at radius 1 is 1.07 bits per heavy atom. The number of benzene rings is 1. The first-order chi connectivity index (χ1) is 6.45. The predicted octanol–water partition coefficient (Wildman–Crippen LogP) is 0.914. The second-order valence-electron chi connectivity index (χ2n) is 2.32. The predicted molar refractivity (Wildman–Crippen MR) is 43.1 cm³/mol. The van der Waals surface area contributed by atoms with E-state index in [1.54, 1.807) is 0 Å². The van der Waals surface area contributed by atoms with Gasteiger partial charge >= 0.3 is 11.4 Å². The molecule has 0 aliphatic carbocycles. The summed E-state index contributed by atoms with van der Waals surface area (Å²) < 4.78 is 0. The fraction of sp³-hybridized carbons (Fsp3) is 0. The molecule has 1 aromatic carbocycles. The first kappa shape index (κ1) is 9.71. The normalized spacial score (nSPS) is 9.71. The van der Waals surface area contributed by atoms with Gasteiger partial charge in [0.05, 0.1) is 9.85 Å². The lowest BCUT2D eigenvalue weighted by molar-refractivity contribution is -0.396. The second-order valence-corrected chi connectivity index (χ2v) is 2.32. The first-order valence-electron chi connectivity index (χ1n) is 3.29. The van der Waals surface area contributed by atoms with Crippen molar-refractivity contribution in [2.45, 2.75) is 0 Å². The number of hydrogen-bond donors (Lipinski definition) is 2. The maximum atomic E-state index is 10.3. The number of rotatable bonds is 2. The molecule has 74 valence electrons. The van der Waals surface area contributed by atoms with E-state index in [1.165, 1.54) is 0 Å². The molecule has 0 atom stereocenters. The Labute approximate surface area is 76.3 Å². The van der Waals surface area contributed by atoms with E-state index >= 15 is 0 Å². The summed E-state index contributed by atoms with van der Waals surface area (Å²) in [7, 11) is 0. The summed E-state index contributed by atoms with van der Waals surface area (Å²) in [5.41, 5.74) is -1.89. The molecule has 0 unspecified atom stereocenters. The van der Waals surface area contributed by atoms with E-state index < -0.39 is 32.7 Å². The lowest BCUT2D eigenvalue weighted by atomic mass is 10.2. The Hall–Kier alpha value is -2.38. The van der Waals surface area contributed by atoms with Crippen molar-refractivity contribution in [3.63, 3.8) is 0 Å². The van der Waals surface area contributed by atoms with Crippen molar-refractivity contribution in [3.8, 4) is 11.5 Å². The molecule has 0 aliphatic heterocycles. The minimum absolute atomic E-state index is 0.774. The van der Waals surface area contributed by atoms with Crippen LogP contribution in [0.25, 0.3) is 0 Å². The van der Waals surface area contributed by atoms with Gasteiger partial charge in [0.1, 0.15) is 0 Å². The third-order valence-electron chi connectivity index (χ3n) is 1.49. The fourth-order valence-corrected chi connectivity index (χ4v) is 0.886. The molecule has 0 bridgehead atoms. The van der Waals surface area contributed by atoms with Crippen LogP contribution in [0.2, 0.25) is 0 Å². The van der Waals surface area contributed by atoms with Crippen LogP contribution in [-0.2, 0) is 0 Å². The van der Waals surface area contributed by atoms with Gasteiger partial charge in [0.15, 0.2) is 5.75 Å². The van der Waals surface area contributed by atoms with Gasteiger partial charge in [-0.2, -0.15) is 0 Å². The highest BCUT2D eigenvalue weighted by molar-refractivity contribution is 5.65. The largest absolute Gasteiger partial charge is 0.502 e. The number of aromatic hydroxyl groups is 2. The highest BCUT2D eigenvalue weighted by atomic mass is 16.6. The van der Waals surface area contributed by atoms with Crippen LogP contribution >= 0.6 is 0 Å². The molecule has 8 nitrogen and oxygen atoms in total. The van der Waals surface area contributed by atoms with Crippen LogP contribution in [0.4, 0.5) is 11.4 Å². The van der Waals surface area contributed by atoms with Gasteiger partial charge in [-0.1, -0.05) is 0 Å². The van der Waals surface area contributed by atoms with E-state index in [4.69, 9.17) is 10.2 Å². The van der Waals surface area contributed by atoms with E-state index in [2.05, 4.69) is 0 Å². The van der Waals surface area contributed by atoms with E-state index in [1.807, 2.05) is 0 Å². The molecule has 1 aromatic rings. The summed E-state index contributed by atoms with van der Waals surface area (Å²) in [6, 6.07) is 1.55. The molecule has 0 saturated heterocycles. The molecule has 14 heavy (non-hydrogen) atoms. The van der Waals surface area contributed by atoms with Crippen molar-refractivity contribution in [1.29, 1.82) is 0 Å². The topological polar surface area (TPSA) is 127 Å². The average Bonchev–Trinajstić information content (AvgIpc) is 2.02. The number of nitro groups is 2. The van der Waals surface area contributed by atoms with E-state index in [9.17, 15) is 20.2 Å². The molecular weight excluding hydrogens is 196 g/mol. The molecule has 0 heterocycles. The standard InChI is InChI=1S/C6H4N2O6/c9-4-2-1-3(7(11)12)6(10)5(4)8(13)14/h1-2,9-10H. The minimum atomic E-state index is -1.15. The van der Waals surface area contributed by atoms with Crippen LogP contribution in [0.15, 0.2) is 12.1 Å². The van der Waals surface area contributed by atoms with Gasteiger partial charge in [-0.3, -0.25) is 20.2 Å². The molecule has 0 saturated carbocycles. The Kier molecular flexibility index (Phi) is 2.19. The summed E-state index contributed by atoms with van der Waals surface area (Å²) in [5.74, 6) is -1.97. The zero-order valence-electron chi connectivity index (χ0n) is 6.58. The maximum Gasteiger partial charge on any atom is 0.359 e. The van der Waals surface area contributed by atoms with E-state index in [-0.39, 0.29) is 0 Å². The summed E-state index contributed by atoms with van der Waals surface area (Å²) in [6.45, 7) is 0. The van der Waals surface area contributed by atoms with Crippen LogP contribution in [-0.4, -0.2) is 20.1 Å². The average molecular weight is 200 g/mol. The van der Waals surface area contributed by atoms with Crippen LogP contribution in [0.3, 0.4) is 0 Å². The molecule has 8 heteroatoms. The van der Waals surface area contributed by atoms with Crippen LogP contribution in [0.1, 0.15) is 0 Å². The number of phenols is 2. The van der Waals surface area contributed by atoms with Crippen molar-refractivity contribution < 1.29 is 20.1 Å². The third kappa shape index (κ3) is 1.40. The monoisotopic (exact) mass is 200 g/mol. The molecule has 1 rings (SSSR count). The van der Waals surface area contributed by atoms with Crippen LogP contribution in [0.5, 0.6) is 11.5 Å². The second kappa shape index (κ2) is 3.17. The molecule has 0 radical (unpaired) electrons. The van der Waals surface area contributed by atoms with E-state index in [0.717, 1.165) is 12.1 Å². The molecule has 0 aliphatic rings. The van der Waals surface area contributed by atoms with Gasteiger partial charge in [-0.15, -0.1) is 0 Å². The number of hydrogen-bond acceptors (Lipinski definition) is 6. The SMILES string of the molecule is O=[N+]([O-])c1ccc(O)c([N+](=O)[O-])c1O. The van der Waals surface area contributed by atoms with Crippen LogP contribution in [0, 0.1) is 20.2 Å². The Morgan fingerprint density at radius 3 is 2.07 bits per heavy atom. The quantitative estimate of drug-likeness (QED) is 0.539. The molecular formula is C6H4N2O6. The number of nitro benzene ring substituents is 2. The zero-order valence-corrected chi connectivity index (χ0v) is 6.58. The first-order valence-corrected chi connectivity index (χ1v) is 3.29. The third-order valence-corrected chi connectivity index (χ3v) is 1.49. The number of phenolic OH excluding ortho intramolecular Hbond substituents is 2. The van der Waals surface area contributed by atoms with Gasteiger partial charge in [0, 0.05) is 6.07 Å². The lowest BCUT2D eigenvalue weighted by Gasteiger charge is -1.98. The summed E-state index contributed by atoms with van der Waals surface area (Å²) >= 11 is 0. The minimum Gasteiger partial charge on any atom is -0.502 e.